The molecule has 0 spiro atoms. The summed E-state index contributed by atoms with van der Waals surface area (Å²) < 4.78 is 5.28. The van der Waals surface area contributed by atoms with Crippen LogP contribution in [0.2, 0.25) is 0 Å². The number of thioether (sulfide) groups is 1. The van der Waals surface area contributed by atoms with E-state index >= 15 is 0 Å². The molecule has 0 atom stereocenters. The molecule has 2 aromatic rings. The summed E-state index contributed by atoms with van der Waals surface area (Å²) in [5.74, 6) is -0.436. The molecule has 0 unspecified atom stereocenters. The number of ether oxygens (including phenoxy) is 1. The van der Waals surface area contributed by atoms with Crippen LogP contribution in [0.25, 0.3) is 6.08 Å². The smallest absolute Gasteiger partial charge is 0.341 e. The van der Waals surface area contributed by atoms with Crippen LogP contribution in [0.3, 0.4) is 0 Å². The van der Waals surface area contributed by atoms with Crippen molar-refractivity contribution >= 4 is 68.5 Å². The molecular weight excluding hydrogens is 515 g/mol. The third-order valence-corrected chi connectivity index (χ3v) is 8.87. The number of fused-ring (bicyclic) bond motifs is 1. The molecule has 0 saturated carbocycles. The number of carbonyl (C=O) groups is 3. The molecule has 2 aromatic heterocycles. The summed E-state index contributed by atoms with van der Waals surface area (Å²) >= 11 is 4.32. The summed E-state index contributed by atoms with van der Waals surface area (Å²) in [5, 5.41) is 4.02. The Bertz CT molecular complexity index is 1230. The highest BCUT2D eigenvalue weighted by molar-refractivity contribution is 8.14. The van der Waals surface area contributed by atoms with Crippen molar-refractivity contribution in [1.82, 2.24) is 4.90 Å². The predicted octanol–water partition coefficient (Wildman–Crippen LogP) is 5.74. The zero-order valence-electron chi connectivity index (χ0n) is 21.0. The fourth-order valence-electron chi connectivity index (χ4n) is 4.20. The van der Waals surface area contributed by atoms with Crippen molar-refractivity contribution in [2.75, 3.05) is 24.2 Å². The Morgan fingerprint density at radius 3 is 2.72 bits per heavy atom. The Labute approximate surface area is 224 Å². The Morgan fingerprint density at radius 2 is 2.03 bits per heavy atom. The SMILES string of the molecule is CCOC(=O)c1c(NC(=O)CSC2=NC(=Cc3ccc(C)s3)C(=O)N2CC(C)C)sc2c1CCCC2. The van der Waals surface area contributed by atoms with Crippen LogP contribution in [0, 0.1) is 12.8 Å². The van der Waals surface area contributed by atoms with Gasteiger partial charge in [0.15, 0.2) is 5.17 Å². The van der Waals surface area contributed by atoms with Gasteiger partial charge in [-0.05, 0) is 69.2 Å². The van der Waals surface area contributed by atoms with Crippen LogP contribution in [0.4, 0.5) is 5.00 Å². The van der Waals surface area contributed by atoms with E-state index < -0.39 is 0 Å². The maximum absolute atomic E-state index is 13.1. The molecule has 7 nitrogen and oxygen atoms in total. The normalized spacial score (nSPS) is 16.5. The van der Waals surface area contributed by atoms with Crippen molar-refractivity contribution in [3.63, 3.8) is 0 Å². The topological polar surface area (TPSA) is 88.1 Å². The van der Waals surface area contributed by atoms with E-state index in [2.05, 4.69) is 10.3 Å². The summed E-state index contributed by atoms with van der Waals surface area (Å²) in [4.78, 5) is 48.2. The van der Waals surface area contributed by atoms with Crippen molar-refractivity contribution in [3.05, 3.63) is 43.6 Å². The molecule has 0 bridgehead atoms. The van der Waals surface area contributed by atoms with Crippen molar-refractivity contribution in [2.24, 2.45) is 10.9 Å². The summed E-state index contributed by atoms with van der Waals surface area (Å²) in [6.45, 7) is 8.70. The first-order valence-corrected chi connectivity index (χ1v) is 14.8. The van der Waals surface area contributed by atoms with Crippen LogP contribution in [0.15, 0.2) is 22.8 Å². The average Bonchev–Trinajstić information content (AvgIpc) is 3.49. The van der Waals surface area contributed by atoms with Crippen molar-refractivity contribution in [3.8, 4) is 0 Å². The standard InChI is InChI=1S/C26H31N3O4S3/c1-5-33-25(32)22-18-8-6-7-9-20(18)36-23(22)28-21(30)14-34-26-27-19(12-17-11-10-16(4)35-17)24(31)29(26)13-15(2)3/h10-12,15H,5-9,13-14H2,1-4H3,(H,28,30). The first kappa shape index (κ1) is 26.6. The monoisotopic (exact) mass is 545 g/mol. The van der Waals surface area contributed by atoms with Gasteiger partial charge in [-0.2, -0.15) is 0 Å². The van der Waals surface area contributed by atoms with Crippen LogP contribution in [0.1, 0.15) is 64.2 Å². The van der Waals surface area contributed by atoms with Gasteiger partial charge in [0.05, 0.1) is 17.9 Å². The van der Waals surface area contributed by atoms with Gasteiger partial charge in [0.2, 0.25) is 5.91 Å². The molecule has 192 valence electrons. The van der Waals surface area contributed by atoms with Gasteiger partial charge in [-0.25, -0.2) is 9.79 Å². The lowest BCUT2D eigenvalue weighted by atomic mass is 9.95. The van der Waals surface area contributed by atoms with Gasteiger partial charge >= 0.3 is 5.97 Å². The largest absolute Gasteiger partial charge is 0.462 e. The molecule has 1 N–H and O–H groups in total. The zero-order valence-corrected chi connectivity index (χ0v) is 23.5. The fourth-order valence-corrected chi connectivity index (χ4v) is 7.12. The molecule has 36 heavy (non-hydrogen) atoms. The number of hydrogen-bond acceptors (Lipinski definition) is 8. The Morgan fingerprint density at radius 1 is 1.25 bits per heavy atom. The van der Waals surface area contributed by atoms with Gasteiger partial charge in [0.1, 0.15) is 10.7 Å². The summed E-state index contributed by atoms with van der Waals surface area (Å²) in [5.41, 5.74) is 1.90. The summed E-state index contributed by atoms with van der Waals surface area (Å²) in [6, 6.07) is 3.99. The first-order valence-electron chi connectivity index (χ1n) is 12.2. The number of hydrogen-bond donors (Lipinski definition) is 1. The predicted molar refractivity (Wildman–Crippen MR) is 149 cm³/mol. The number of anilines is 1. The van der Waals surface area contributed by atoms with Crippen molar-refractivity contribution in [2.45, 2.75) is 53.4 Å². The molecule has 1 aliphatic carbocycles. The molecule has 2 aliphatic rings. The maximum Gasteiger partial charge on any atom is 0.341 e. The van der Waals surface area contributed by atoms with E-state index in [0.717, 1.165) is 41.0 Å². The van der Waals surface area contributed by atoms with E-state index in [-0.39, 0.29) is 36.1 Å². The van der Waals surface area contributed by atoms with Crippen LogP contribution in [-0.2, 0) is 27.2 Å². The molecule has 0 fully saturated rings. The Balaban J connectivity index is 1.49. The highest BCUT2D eigenvalue weighted by atomic mass is 32.2. The molecule has 0 aromatic carbocycles. The molecule has 3 heterocycles. The van der Waals surface area contributed by atoms with Gasteiger partial charge in [-0.3, -0.25) is 14.5 Å². The number of amidine groups is 1. The van der Waals surface area contributed by atoms with E-state index in [1.54, 1.807) is 23.2 Å². The quantitative estimate of drug-likeness (QED) is 0.338. The second-order valence-electron chi connectivity index (χ2n) is 9.15. The van der Waals surface area contributed by atoms with Gasteiger partial charge in [0, 0.05) is 21.2 Å². The van der Waals surface area contributed by atoms with Crippen molar-refractivity contribution in [1.29, 1.82) is 0 Å². The number of nitrogens with zero attached hydrogens (tertiary/aromatic N) is 2. The van der Waals surface area contributed by atoms with Crippen LogP contribution >= 0.6 is 34.4 Å². The number of carbonyl (C=O) groups excluding carboxylic acids is 3. The minimum absolute atomic E-state index is 0.0803. The van der Waals surface area contributed by atoms with E-state index in [0.29, 0.717) is 28.0 Å². The maximum atomic E-state index is 13.1. The fraction of sp³-hybridized carbons (Fsp3) is 0.462. The van der Waals surface area contributed by atoms with Gasteiger partial charge in [0.25, 0.3) is 5.91 Å². The molecular formula is C26H31N3O4S3. The average molecular weight is 546 g/mol. The molecule has 1 aliphatic heterocycles. The van der Waals surface area contributed by atoms with Gasteiger partial charge in [-0.1, -0.05) is 25.6 Å². The third kappa shape index (κ3) is 6.10. The lowest BCUT2D eigenvalue weighted by Crippen LogP contribution is -2.34. The number of aliphatic imine (C=N–C) groups is 1. The number of nitrogens with one attached hydrogen (secondary N) is 1. The molecule has 2 amide bonds. The third-order valence-electron chi connectivity index (χ3n) is 5.74. The van der Waals surface area contributed by atoms with E-state index in [1.165, 1.54) is 28.0 Å². The molecule has 4 rings (SSSR count). The second kappa shape index (κ2) is 11.7. The molecule has 0 saturated heterocycles. The molecule has 0 radical (unpaired) electrons. The number of esters is 1. The number of amides is 2. The zero-order chi connectivity index (χ0) is 25.8. The lowest BCUT2D eigenvalue weighted by Gasteiger charge is -2.19. The minimum Gasteiger partial charge on any atom is -0.462 e. The van der Waals surface area contributed by atoms with E-state index in [4.69, 9.17) is 4.74 Å². The van der Waals surface area contributed by atoms with Crippen LogP contribution in [0.5, 0.6) is 0 Å². The van der Waals surface area contributed by atoms with Crippen molar-refractivity contribution < 1.29 is 19.1 Å². The van der Waals surface area contributed by atoms with Gasteiger partial charge in [-0.15, -0.1) is 22.7 Å². The summed E-state index contributed by atoms with van der Waals surface area (Å²) in [7, 11) is 0. The van der Waals surface area contributed by atoms with E-state index in [1.807, 2.05) is 39.0 Å². The Kier molecular flexibility index (Phi) is 8.69. The summed E-state index contributed by atoms with van der Waals surface area (Å²) in [6.07, 6.45) is 5.66. The first-order chi connectivity index (χ1) is 17.3. The second-order valence-corrected chi connectivity index (χ2v) is 12.5. The van der Waals surface area contributed by atoms with Crippen LogP contribution in [-0.4, -0.2) is 46.8 Å². The van der Waals surface area contributed by atoms with E-state index in [9.17, 15) is 14.4 Å². The highest BCUT2D eigenvalue weighted by Gasteiger charge is 2.32. The number of rotatable bonds is 8. The number of aryl methyl sites for hydroxylation is 2. The Hall–Kier alpha value is -2.43. The van der Waals surface area contributed by atoms with Gasteiger partial charge < -0.3 is 10.1 Å². The number of thiophene rings is 2. The highest BCUT2D eigenvalue weighted by Crippen LogP contribution is 2.39. The molecule has 10 heteroatoms. The van der Waals surface area contributed by atoms with Crippen LogP contribution < -0.4 is 5.32 Å². The lowest BCUT2D eigenvalue weighted by molar-refractivity contribution is -0.123. The minimum atomic E-state index is -0.382.